The molecule has 2 aromatic heterocycles. The van der Waals surface area contributed by atoms with Gasteiger partial charge < -0.3 is 5.11 Å². The Kier molecular flexibility index (Phi) is 9.52. The molecule has 4 heteroatoms. The molecule has 0 fully saturated rings. The Bertz CT molecular complexity index is 3180. The number of phenols is 1. The van der Waals surface area contributed by atoms with Gasteiger partial charge in [0.05, 0.1) is 34.8 Å². The Morgan fingerprint density at radius 3 is 1.98 bits per heavy atom. The second kappa shape index (κ2) is 16.2. The minimum atomic E-state index is -0.427. The van der Waals surface area contributed by atoms with E-state index in [2.05, 4.69) is 172 Å². The zero-order valence-corrected chi connectivity index (χ0v) is 38.0. The number of para-hydroxylation sites is 1. The van der Waals surface area contributed by atoms with Crippen molar-refractivity contribution in [1.82, 2.24) is 14.5 Å². The molecule has 6 aromatic carbocycles. The molecule has 1 N–H and O–H groups in total. The van der Waals surface area contributed by atoms with Gasteiger partial charge in [0.1, 0.15) is 11.6 Å². The van der Waals surface area contributed by atoms with Gasteiger partial charge in [-0.2, -0.15) is 0 Å². The van der Waals surface area contributed by atoms with Gasteiger partial charge in [0.15, 0.2) is 0 Å². The number of rotatable bonds is 8. The van der Waals surface area contributed by atoms with Gasteiger partial charge in [0, 0.05) is 28.5 Å². The molecule has 0 amide bonds. The van der Waals surface area contributed by atoms with E-state index in [9.17, 15) is 5.11 Å². The number of fused-ring (bicyclic) bond motifs is 1. The number of nitrogens with zero attached hydrogens (tertiary/aromatic N) is 3. The third kappa shape index (κ3) is 8.23. The third-order valence-corrected chi connectivity index (χ3v) is 12.2. The van der Waals surface area contributed by atoms with Crippen LogP contribution in [0, 0.1) is 0 Å². The van der Waals surface area contributed by atoms with E-state index in [0.717, 1.165) is 67.6 Å². The highest BCUT2D eigenvalue weighted by molar-refractivity contribution is 5.98. The Labute approximate surface area is 376 Å². The number of hydrogen-bond acceptors (Lipinski definition) is 3. The van der Waals surface area contributed by atoms with Crippen LogP contribution in [0.25, 0.3) is 72.7 Å². The lowest BCUT2D eigenvalue weighted by Gasteiger charge is -2.28. The number of benzene rings is 6. The van der Waals surface area contributed by atoms with Crippen LogP contribution in [-0.2, 0) is 16.2 Å². The van der Waals surface area contributed by atoms with Crippen molar-refractivity contribution >= 4 is 11.0 Å². The van der Waals surface area contributed by atoms with Crippen molar-refractivity contribution in [3.8, 4) is 67.5 Å². The molecule has 0 aliphatic carbocycles. The molecule has 314 valence electrons. The molecule has 1 atom stereocenters. The smallest absolute Gasteiger partial charge is 0.149 e. The number of aromatic hydroxyl groups is 1. The van der Waals surface area contributed by atoms with Crippen molar-refractivity contribution in [3.63, 3.8) is 0 Å². The molecular weight excluding hydrogens is 755 g/mol. The minimum Gasteiger partial charge on any atom is -0.507 e. The van der Waals surface area contributed by atoms with E-state index in [1.165, 1.54) is 5.56 Å². The van der Waals surface area contributed by atoms with Gasteiger partial charge in [-0.05, 0) is 116 Å². The van der Waals surface area contributed by atoms with E-state index in [1.54, 1.807) is 12.3 Å². The van der Waals surface area contributed by atoms with Crippen LogP contribution in [-0.4, -0.2) is 19.6 Å². The lowest BCUT2D eigenvalue weighted by molar-refractivity contribution is 0.446. The first kappa shape index (κ1) is 36.4. The molecule has 62 heavy (non-hydrogen) atoms. The summed E-state index contributed by atoms with van der Waals surface area (Å²) in [4.78, 5) is 10.4. The molecule has 0 saturated heterocycles. The molecule has 2 heterocycles. The second-order valence-corrected chi connectivity index (χ2v) is 19.8. The Morgan fingerprint density at radius 1 is 0.613 bits per heavy atom. The SMILES string of the molecule is [2H]c1c([2H])c([2H])c(-c2ccnc(-c3cc(-c4cccc5c4nc(-c4cc(C(C)(C)C)cc(C(C)(C)C)c4O)n5-c4ccc(C(C)(C)C)cc4-c4ccccc4)cc(C(C)CC)c3)c2)c([2H])c1[2H]. The Morgan fingerprint density at radius 2 is 1.31 bits per heavy atom. The van der Waals surface area contributed by atoms with Crippen molar-refractivity contribution in [2.24, 2.45) is 0 Å². The van der Waals surface area contributed by atoms with E-state index in [4.69, 9.17) is 16.8 Å². The topological polar surface area (TPSA) is 50.9 Å². The molecule has 0 aliphatic heterocycles. The van der Waals surface area contributed by atoms with Gasteiger partial charge in [-0.15, -0.1) is 0 Å². The first-order valence-electron chi connectivity index (χ1n) is 24.3. The molecule has 0 spiro atoms. The lowest BCUT2D eigenvalue weighted by Crippen LogP contribution is -2.17. The predicted octanol–water partition coefficient (Wildman–Crippen LogP) is 15.9. The molecule has 8 rings (SSSR count). The standard InChI is InChI=1S/C58H61N3O/c1-12-37(2)41-30-42(32-43(31-41)50-33-40(28-29-59-50)38-20-15-13-16-21-38)46-24-19-25-52-53(46)60-55(48-35-45(57(6,7)8)36-49(54(48)62)58(9,10)11)61(52)51-27-26-44(56(3,4)5)34-47(51)39-22-17-14-18-23-39/h13-37,62H,12H2,1-11H3/i13D,15D,16D,20D,21D. The maximum absolute atomic E-state index is 12.5. The summed E-state index contributed by atoms with van der Waals surface area (Å²) in [5.74, 6) is 1.03. The number of hydrogen-bond donors (Lipinski definition) is 1. The summed E-state index contributed by atoms with van der Waals surface area (Å²) in [7, 11) is 0. The maximum Gasteiger partial charge on any atom is 0.149 e. The highest BCUT2D eigenvalue weighted by atomic mass is 16.3. The molecule has 8 aromatic rings. The summed E-state index contributed by atoms with van der Waals surface area (Å²) in [6.07, 6.45) is 2.53. The number of imidazole rings is 1. The normalized spacial score (nSPS) is 14.0. The maximum atomic E-state index is 12.5. The average Bonchev–Trinajstić information content (AvgIpc) is 3.68. The van der Waals surface area contributed by atoms with Crippen LogP contribution < -0.4 is 0 Å². The summed E-state index contributed by atoms with van der Waals surface area (Å²) in [5.41, 5.74) is 12.8. The van der Waals surface area contributed by atoms with Gasteiger partial charge in [0.25, 0.3) is 0 Å². The van der Waals surface area contributed by atoms with E-state index in [0.29, 0.717) is 22.6 Å². The van der Waals surface area contributed by atoms with E-state index >= 15 is 0 Å². The van der Waals surface area contributed by atoms with Crippen molar-refractivity contribution in [3.05, 3.63) is 168 Å². The van der Waals surface area contributed by atoms with Gasteiger partial charge >= 0.3 is 0 Å². The van der Waals surface area contributed by atoms with Crippen molar-refractivity contribution in [2.75, 3.05) is 0 Å². The van der Waals surface area contributed by atoms with Gasteiger partial charge in [-0.1, -0.05) is 167 Å². The molecular formula is C58H61N3O. The van der Waals surface area contributed by atoms with Crippen LogP contribution in [0.4, 0.5) is 0 Å². The lowest BCUT2D eigenvalue weighted by atomic mass is 9.79. The van der Waals surface area contributed by atoms with Crippen LogP contribution in [0.2, 0.25) is 0 Å². The van der Waals surface area contributed by atoms with E-state index in [-0.39, 0.29) is 57.6 Å². The van der Waals surface area contributed by atoms with Crippen molar-refractivity contribution < 1.29 is 12.0 Å². The Balaban J connectivity index is 1.45. The molecule has 4 nitrogen and oxygen atoms in total. The number of aromatic nitrogens is 3. The minimum absolute atomic E-state index is 0.114. The number of phenolic OH excluding ortho intramolecular Hbond substituents is 1. The van der Waals surface area contributed by atoms with E-state index in [1.807, 2.05) is 12.1 Å². The second-order valence-electron chi connectivity index (χ2n) is 19.8. The van der Waals surface area contributed by atoms with Gasteiger partial charge in [-0.25, -0.2) is 4.98 Å². The van der Waals surface area contributed by atoms with E-state index < -0.39 is 6.04 Å². The fourth-order valence-corrected chi connectivity index (χ4v) is 8.23. The highest BCUT2D eigenvalue weighted by Gasteiger charge is 2.30. The van der Waals surface area contributed by atoms with Crippen molar-refractivity contribution in [1.29, 1.82) is 0 Å². The first-order chi connectivity index (χ1) is 31.5. The fourth-order valence-electron chi connectivity index (χ4n) is 8.23. The van der Waals surface area contributed by atoms with Crippen LogP contribution in [0.1, 0.15) is 118 Å². The van der Waals surface area contributed by atoms with Gasteiger partial charge in [-0.3, -0.25) is 9.55 Å². The third-order valence-electron chi connectivity index (χ3n) is 12.2. The number of pyridine rings is 1. The molecule has 0 bridgehead atoms. The van der Waals surface area contributed by atoms with Gasteiger partial charge in [0.2, 0.25) is 0 Å². The molecule has 1 unspecified atom stereocenters. The zero-order chi connectivity index (χ0) is 48.5. The van der Waals surface area contributed by atoms with Crippen LogP contribution in [0.15, 0.2) is 146 Å². The van der Waals surface area contributed by atoms with Crippen LogP contribution in [0.3, 0.4) is 0 Å². The summed E-state index contributed by atoms with van der Waals surface area (Å²) in [5, 5.41) is 12.5. The summed E-state index contributed by atoms with van der Waals surface area (Å²) in [6, 6.07) is 36.0. The molecule has 0 saturated carbocycles. The monoisotopic (exact) mass is 821 g/mol. The largest absolute Gasteiger partial charge is 0.507 e. The highest BCUT2D eigenvalue weighted by Crippen LogP contribution is 2.46. The van der Waals surface area contributed by atoms with Crippen LogP contribution >= 0.6 is 0 Å². The zero-order valence-electron chi connectivity index (χ0n) is 43.0. The summed E-state index contributed by atoms with van der Waals surface area (Å²) in [6.45, 7) is 24.1. The summed E-state index contributed by atoms with van der Waals surface area (Å²) >= 11 is 0. The summed E-state index contributed by atoms with van der Waals surface area (Å²) < 4.78 is 44.5. The predicted molar refractivity (Wildman–Crippen MR) is 263 cm³/mol. The Hall–Kier alpha value is -6.26. The molecule has 0 radical (unpaired) electrons. The quantitative estimate of drug-likeness (QED) is 0.166. The fraction of sp³-hybridized carbons (Fsp3) is 0.276. The molecule has 0 aliphatic rings. The average molecular weight is 821 g/mol. The van der Waals surface area contributed by atoms with Crippen molar-refractivity contribution in [2.45, 2.75) is 105 Å². The first-order valence-corrected chi connectivity index (χ1v) is 21.8. The van der Waals surface area contributed by atoms with Crippen LogP contribution in [0.5, 0.6) is 5.75 Å².